The molecule has 2 fully saturated rings. The fourth-order valence-corrected chi connectivity index (χ4v) is 15.0. The third-order valence-corrected chi connectivity index (χ3v) is 18.1. The molecular weight excluding hydrogens is 925 g/mol. The molecule has 2 aromatic rings. The van der Waals surface area contributed by atoms with Gasteiger partial charge in [-0.1, -0.05) is 85.9 Å². The Morgan fingerprint density at radius 3 is 2.51 bits per heavy atom. The monoisotopic (exact) mass is 990 g/mol. The summed E-state index contributed by atoms with van der Waals surface area (Å²) in [6.07, 6.45) is 16.4. The number of aliphatic carboxylic acids is 2. The molecule has 0 radical (unpaired) electrons. The molecular formula is C54H66N6O10S. The van der Waals surface area contributed by atoms with Crippen LogP contribution in [0.15, 0.2) is 83.4 Å². The Kier molecular flexibility index (Phi) is 15.0. The lowest BCUT2D eigenvalue weighted by molar-refractivity contribution is -0.164. The minimum atomic E-state index is -2.47. The molecule has 9 rings (SSSR count). The maximum Gasteiger partial charge on any atom is 0.353 e. The van der Waals surface area contributed by atoms with Crippen LogP contribution >= 0.6 is 11.8 Å². The molecule has 2 saturated carbocycles. The van der Waals surface area contributed by atoms with Gasteiger partial charge in [0.05, 0.1) is 5.25 Å². The standard InChI is InChI=1S/C54H66N6O10S/c1-55-32-58-54(69,49(66)67)25-17-41(61)59-40(46(62)60-47(63)48(64)65)31-71-45-43-42-35(12-3-2-6-20-51(45)21-7-8-22-51)30-36(29-33-18-27-56-28-19-33)44-52(42,50(68)70-43)23-9-13-34-11-4-5-14-37(34)38-16-24-53(44)39(38)15-10-26-57-53/h4-5,10-11,14-15,18-19,27-28,35,38-40,45,47,55,57-58,63,69H,2-3,6-8,12-13,16-17,20-22,24-26,29-32H2,1H3,(H,59,61)(H,60,62)(H,64,65)(H,66,67). The van der Waals surface area contributed by atoms with Crippen molar-refractivity contribution in [3.63, 3.8) is 0 Å². The van der Waals surface area contributed by atoms with E-state index in [4.69, 9.17) is 4.74 Å². The number of allylic oxidation sites excluding steroid dienone is 1. The van der Waals surface area contributed by atoms with Gasteiger partial charge in [-0.3, -0.25) is 19.9 Å². The summed E-state index contributed by atoms with van der Waals surface area (Å²) in [5, 5.41) is 54.0. The second kappa shape index (κ2) is 21.0. The molecule has 17 heteroatoms. The first kappa shape index (κ1) is 50.6. The number of carboxylic acid groups (broad SMARTS) is 2. The normalized spacial score (nSPS) is 28.9. The van der Waals surface area contributed by atoms with Crippen molar-refractivity contribution in [2.45, 2.75) is 137 Å². The topological polar surface area (TPSA) is 249 Å². The summed E-state index contributed by atoms with van der Waals surface area (Å²) in [6, 6.07) is 11.2. The van der Waals surface area contributed by atoms with Crippen LogP contribution in [0.4, 0.5) is 0 Å². The van der Waals surface area contributed by atoms with Crippen molar-refractivity contribution in [1.29, 1.82) is 0 Å². The molecule has 9 atom stereocenters. The fraction of sp³-hybridized carbons (Fsp3) is 0.556. The number of hydrogen-bond donors (Lipinski definition) is 9. The highest BCUT2D eigenvalue weighted by Crippen LogP contribution is 2.66. The first-order chi connectivity index (χ1) is 34.2. The number of thioether (sulfide) groups is 1. The summed E-state index contributed by atoms with van der Waals surface area (Å²) in [4.78, 5) is 71.9. The summed E-state index contributed by atoms with van der Waals surface area (Å²) in [5.74, 6) is 2.48. The number of benzene rings is 1. The number of hydrogen-bond acceptors (Lipinski definition) is 13. The third kappa shape index (κ3) is 9.59. The first-order valence-corrected chi connectivity index (χ1v) is 26.4. The number of nitrogens with zero attached hydrogens (tertiary/aromatic N) is 1. The number of aliphatic hydroxyl groups is 2. The summed E-state index contributed by atoms with van der Waals surface area (Å²) >= 11 is 1.38. The lowest BCUT2D eigenvalue weighted by atomic mass is 9.54. The Bertz CT molecular complexity index is 2570. The molecule has 2 bridgehead atoms. The summed E-state index contributed by atoms with van der Waals surface area (Å²) in [6.45, 7) is 0.547. The van der Waals surface area contributed by atoms with Gasteiger partial charge in [-0.25, -0.2) is 14.4 Å². The van der Waals surface area contributed by atoms with Crippen molar-refractivity contribution in [3.8, 4) is 11.8 Å². The molecule has 71 heavy (non-hydrogen) atoms. The second-order valence-electron chi connectivity index (χ2n) is 20.6. The molecule has 3 heterocycles. The van der Waals surface area contributed by atoms with Crippen molar-refractivity contribution in [2.75, 3.05) is 26.0 Å². The van der Waals surface area contributed by atoms with Crippen LogP contribution in [0.2, 0.25) is 0 Å². The Morgan fingerprint density at radius 2 is 1.76 bits per heavy atom. The van der Waals surface area contributed by atoms with Gasteiger partial charge >= 0.3 is 17.9 Å². The van der Waals surface area contributed by atoms with Gasteiger partial charge in [0.25, 0.3) is 0 Å². The van der Waals surface area contributed by atoms with E-state index in [0.29, 0.717) is 31.6 Å². The van der Waals surface area contributed by atoms with Crippen LogP contribution in [0.1, 0.15) is 112 Å². The number of esters is 1. The van der Waals surface area contributed by atoms with Crippen LogP contribution in [0.3, 0.4) is 0 Å². The molecule has 378 valence electrons. The molecule has 2 spiro atoms. The molecule has 7 aliphatic rings. The van der Waals surface area contributed by atoms with Gasteiger partial charge in [0, 0.05) is 67.7 Å². The van der Waals surface area contributed by atoms with Gasteiger partial charge in [0.2, 0.25) is 23.8 Å². The molecule has 5 aliphatic carbocycles. The van der Waals surface area contributed by atoms with E-state index in [1.54, 1.807) is 7.05 Å². The number of ether oxygens (including phenoxy) is 1. The predicted molar refractivity (Wildman–Crippen MR) is 265 cm³/mol. The van der Waals surface area contributed by atoms with Crippen molar-refractivity contribution >= 4 is 41.5 Å². The first-order valence-electron chi connectivity index (χ1n) is 25.3. The number of aliphatic hydroxyl groups excluding tert-OH is 1. The minimum absolute atomic E-state index is 0.0195. The smallest absolute Gasteiger partial charge is 0.353 e. The third-order valence-electron chi connectivity index (χ3n) is 16.5. The second-order valence-corrected chi connectivity index (χ2v) is 21.7. The Hall–Kier alpha value is -5.35. The lowest BCUT2D eigenvalue weighted by Gasteiger charge is -2.51. The number of rotatable bonds is 16. The van der Waals surface area contributed by atoms with E-state index in [1.165, 1.54) is 22.9 Å². The highest BCUT2D eigenvalue weighted by molar-refractivity contribution is 8.00. The number of carbonyl (C=O) groups excluding carboxylic acids is 3. The summed E-state index contributed by atoms with van der Waals surface area (Å²) in [5.41, 5.74) is 1.74. The average molecular weight is 991 g/mol. The highest BCUT2D eigenvalue weighted by atomic mass is 32.2. The van der Waals surface area contributed by atoms with Crippen molar-refractivity contribution in [1.82, 2.24) is 31.6 Å². The van der Waals surface area contributed by atoms with Gasteiger partial charge in [-0.05, 0) is 110 Å². The largest absolute Gasteiger partial charge is 0.478 e. The fourth-order valence-electron chi connectivity index (χ4n) is 13.3. The van der Waals surface area contributed by atoms with Crippen LogP contribution < -0.4 is 26.6 Å². The molecule has 2 aliphatic heterocycles. The van der Waals surface area contributed by atoms with Crippen LogP contribution in [-0.4, -0.2) is 110 Å². The van der Waals surface area contributed by atoms with Crippen LogP contribution in [0.5, 0.6) is 0 Å². The SMILES string of the molecule is CNCNC(O)(CCC(=O)NC(CSC1C2=C3C(CCCCCC14CCCC4)CC(Cc1ccncc1)=C1C3(C#CCc3ccccc3C3CCC14NCC=CC34)C(=O)O2)C(=O)NC(O)C(=O)O)C(=O)O. The maximum atomic E-state index is 16.0. The molecule has 0 saturated heterocycles. The Balaban J connectivity index is 1.19. The molecule has 1 aromatic heterocycles. The number of carboxylic acids is 2. The zero-order valence-corrected chi connectivity index (χ0v) is 41.1. The molecule has 9 unspecified atom stereocenters. The number of fused-ring (bicyclic) bond motifs is 2. The molecule has 9 N–H and O–H groups in total. The van der Waals surface area contributed by atoms with E-state index in [1.807, 2.05) is 24.5 Å². The van der Waals surface area contributed by atoms with Crippen molar-refractivity contribution in [3.05, 3.63) is 100 Å². The van der Waals surface area contributed by atoms with Gasteiger partial charge in [0.1, 0.15) is 11.8 Å². The summed E-state index contributed by atoms with van der Waals surface area (Å²) in [7, 11) is 1.55. The van der Waals surface area contributed by atoms with Crippen LogP contribution in [0, 0.1) is 34.5 Å². The van der Waals surface area contributed by atoms with E-state index in [0.717, 1.165) is 92.9 Å². The van der Waals surface area contributed by atoms with Crippen molar-refractivity contribution < 1.29 is 49.1 Å². The molecule has 1 aromatic carbocycles. The van der Waals surface area contributed by atoms with E-state index in [-0.39, 0.29) is 35.6 Å². The Labute approximate surface area is 418 Å². The zero-order valence-electron chi connectivity index (χ0n) is 40.3. The Morgan fingerprint density at radius 1 is 1.00 bits per heavy atom. The van der Waals surface area contributed by atoms with Gasteiger partial charge in [-0.2, -0.15) is 0 Å². The van der Waals surface area contributed by atoms with E-state index in [9.17, 15) is 39.6 Å². The number of nitrogens with one attached hydrogen (secondary N) is 5. The van der Waals surface area contributed by atoms with Gasteiger partial charge < -0.3 is 46.4 Å². The average Bonchev–Trinajstić information content (AvgIpc) is 4.07. The lowest BCUT2D eigenvalue weighted by Crippen LogP contribution is -2.59. The number of pyridine rings is 1. The highest BCUT2D eigenvalue weighted by Gasteiger charge is 2.67. The summed E-state index contributed by atoms with van der Waals surface area (Å²) < 4.78 is 7.02. The molecule has 16 nitrogen and oxygen atoms in total. The zero-order chi connectivity index (χ0) is 50.0. The van der Waals surface area contributed by atoms with Crippen LogP contribution in [-0.2, 0) is 41.6 Å². The van der Waals surface area contributed by atoms with E-state index >= 15 is 4.79 Å². The predicted octanol–water partition coefficient (Wildman–Crippen LogP) is 4.34. The number of amides is 2. The van der Waals surface area contributed by atoms with Crippen LogP contribution in [0.25, 0.3) is 0 Å². The van der Waals surface area contributed by atoms with E-state index < -0.39 is 76.8 Å². The number of carbonyl (C=O) groups is 5. The number of aromatic nitrogens is 1. The van der Waals surface area contributed by atoms with Gasteiger partial charge in [0.15, 0.2) is 5.41 Å². The minimum Gasteiger partial charge on any atom is -0.478 e. The molecule has 2 amide bonds. The van der Waals surface area contributed by atoms with Gasteiger partial charge in [-0.15, -0.1) is 11.8 Å². The maximum absolute atomic E-state index is 16.0. The van der Waals surface area contributed by atoms with Crippen molar-refractivity contribution in [2.24, 2.45) is 22.7 Å². The van der Waals surface area contributed by atoms with E-state index in [2.05, 4.69) is 79.8 Å². The quantitative estimate of drug-likeness (QED) is 0.0492.